The number of nitrogens with one attached hydrogen (secondary N) is 1. The van der Waals surface area contributed by atoms with Crippen molar-refractivity contribution in [1.82, 2.24) is 4.90 Å². The average Bonchev–Trinajstić information content (AvgIpc) is 2.04. The molecule has 0 aliphatic heterocycles. The molecule has 0 aromatic heterocycles. The Balaban J connectivity index is 4.15. The molecule has 0 rings (SSSR count). The summed E-state index contributed by atoms with van der Waals surface area (Å²) < 4.78 is 5.00. The van der Waals surface area contributed by atoms with Gasteiger partial charge in [0.25, 0.3) is 0 Å². The first kappa shape index (κ1) is 12.4. The molecule has 0 fully saturated rings. The normalized spacial score (nSPS) is 13.7. The van der Waals surface area contributed by atoms with Gasteiger partial charge in [0.05, 0.1) is 12.6 Å². The zero-order chi connectivity index (χ0) is 10.4. The third kappa shape index (κ3) is 4.24. The van der Waals surface area contributed by atoms with E-state index in [-0.39, 0.29) is 11.9 Å². The van der Waals surface area contributed by atoms with Gasteiger partial charge in [0, 0.05) is 19.7 Å². The van der Waals surface area contributed by atoms with Crippen molar-refractivity contribution in [2.24, 2.45) is 5.73 Å². The number of amidine groups is 1. The predicted molar refractivity (Wildman–Crippen MR) is 55.1 cm³/mol. The molecule has 0 saturated heterocycles. The van der Waals surface area contributed by atoms with Crippen molar-refractivity contribution in [3.8, 4) is 0 Å². The van der Waals surface area contributed by atoms with E-state index in [1.807, 2.05) is 6.92 Å². The first-order valence-electron chi connectivity index (χ1n) is 4.59. The first-order chi connectivity index (χ1) is 6.00. The van der Waals surface area contributed by atoms with Crippen molar-refractivity contribution >= 4 is 5.84 Å². The monoisotopic (exact) mass is 187 g/mol. The lowest BCUT2D eigenvalue weighted by Crippen LogP contribution is -2.47. The van der Waals surface area contributed by atoms with Crippen molar-refractivity contribution in [2.45, 2.75) is 32.9 Å². The molecule has 0 aromatic carbocycles. The quantitative estimate of drug-likeness (QED) is 0.474. The number of hydrogen-bond acceptors (Lipinski definition) is 3. The molecule has 0 aliphatic rings. The fourth-order valence-electron chi connectivity index (χ4n) is 1.27. The molecular formula is C9H21N3O. The van der Waals surface area contributed by atoms with Gasteiger partial charge >= 0.3 is 0 Å². The van der Waals surface area contributed by atoms with Gasteiger partial charge in [-0.3, -0.25) is 10.3 Å². The van der Waals surface area contributed by atoms with E-state index >= 15 is 0 Å². The van der Waals surface area contributed by atoms with Gasteiger partial charge in [0.1, 0.15) is 5.84 Å². The maximum absolute atomic E-state index is 7.35. The highest BCUT2D eigenvalue weighted by Gasteiger charge is 2.18. The minimum absolute atomic E-state index is 0.00449. The Morgan fingerprint density at radius 2 is 2.00 bits per heavy atom. The van der Waals surface area contributed by atoms with Crippen LogP contribution >= 0.6 is 0 Å². The van der Waals surface area contributed by atoms with Crippen LogP contribution in [0, 0.1) is 5.41 Å². The Labute approximate surface area is 80.6 Å². The standard InChI is InChI=1S/C9H21N3O/c1-7(2)12(5-6-13-4)8(3)9(10)11/h7-8H,5-6H2,1-4H3,(H3,10,11). The smallest absolute Gasteiger partial charge is 0.108 e. The maximum atomic E-state index is 7.35. The molecular weight excluding hydrogens is 166 g/mol. The molecule has 4 nitrogen and oxygen atoms in total. The highest BCUT2D eigenvalue weighted by atomic mass is 16.5. The molecule has 4 heteroatoms. The van der Waals surface area contributed by atoms with Crippen molar-refractivity contribution in [3.05, 3.63) is 0 Å². The summed E-state index contributed by atoms with van der Waals surface area (Å²) in [5.74, 6) is 0.213. The van der Waals surface area contributed by atoms with Gasteiger partial charge in [-0.1, -0.05) is 0 Å². The largest absolute Gasteiger partial charge is 0.386 e. The highest BCUT2D eigenvalue weighted by Crippen LogP contribution is 2.04. The molecule has 0 saturated carbocycles. The Morgan fingerprint density at radius 1 is 1.46 bits per heavy atom. The van der Waals surface area contributed by atoms with E-state index in [4.69, 9.17) is 15.9 Å². The van der Waals surface area contributed by atoms with Crippen LogP contribution in [0.4, 0.5) is 0 Å². The van der Waals surface area contributed by atoms with E-state index < -0.39 is 0 Å². The summed E-state index contributed by atoms with van der Waals surface area (Å²) >= 11 is 0. The summed E-state index contributed by atoms with van der Waals surface area (Å²) in [5.41, 5.74) is 5.45. The van der Waals surface area contributed by atoms with E-state index in [1.54, 1.807) is 7.11 Å². The number of nitrogens with zero attached hydrogens (tertiary/aromatic N) is 1. The highest BCUT2D eigenvalue weighted by molar-refractivity contribution is 5.82. The maximum Gasteiger partial charge on any atom is 0.108 e. The molecule has 0 amide bonds. The molecule has 0 heterocycles. The van der Waals surface area contributed by atoms with Gasteiger partial charge in [-0.15, -0.1) is 0 Å². The number of methoxy groups -OCH3 is 1. The van der Waals surface area contributed by atoms with Crippen LogP contribution in [-0.2, 0) is 4.74 Å². The third-order valence-corrected chi connectivity index (χ3v) is 2.16. The number of rotatable bonds is 6. The summed E-state index contributed by atoms with van der Waals surface area (Å²) in [5, 5.41) is 7.35. The van der Waals surface area contributed by atoms with Gasteiger partial charge in [-0.05, 0) is 20.8 Å². The summed E-state index contributed by atoms with van der Waals surface area (Å²) in [6.45, 7) is 7.62. The van der Waals surface area contributed by atoms with Gasteiger partial charge in [-0.25, -0.2) is 0 Å². The zero-order valence-electron chi connectivity index (χ0n) is 9.00. The van der Waals surface area contributed by atoms with E-state index in [2.05, 4.69) is 18.7 Å². The fourth-order valence-corrected chi connectivity index (χ4v) is 1.27. The Kier molecular flexibility index (Phi) is 5.66. The van der Waals surface area contributed by atoms with Crippen molar-refractivity contribution in [2.75, 3.05) is 20.3 Å². The Hall–Kier alpha value is -0.610. The second-order valence-corrected chi connectivity index (χ2v) is 3.46. The van der Waals surface area contributed by atoms with Crippen LogP contribution in [0.25, 0.3) is 0 Å². The van der Waals surface area contributed by atoms with Crippen LogP contribution in [-0.4, -0.2) is 43.1 Å². The lowest BCUT2D eigenvalue weighted by molar-refractivity contribution is 0.120. The van der Waals surface area contributed by atoms with E-state index in [0.717, 1.165) is 6.54 Å². The molecule has 0 bridgehead atoms. The molecule has 13 heavy (non-hydrogen) atoms. The number of hydrogen-bond donors (Lipinski definition) is 2. The summed E-state index contributed by atoms with van der Waals surface area (Å²) in [4.78, 5) is 2.14. The molecule has 78 valence electrons. The van der Waals surface area contributed by atoms with Crippen LogP contribution < -0.4 is 5.73 Å². The van der Waals surface area contributed by atoms with Crippen molar-refractivity contribution in [3.63, 3.8) is 0 Å². The minimum atomic E-state index is -0.00449. The predicted octanol–water partition coefficient (Wildman–Crippen LogP) is 0.668. The van der Waals surface area contributed by atoms with Crippen LogP contribution in [0.1, 0.15) is 20.8 Å². The lowest BCUT2D eigenvalue weighted by Gasteiger charge is -2.31. The Morgan fingerprint density at radius 3 is 2.31 bits per heavy atom. The van der Waals surface area contributed by atoms with Gasteiger partial charge in [0.2, 0.25) is 0 Å². The molecule has 0 aromatic rings. The van der Waals surface area contributed by atoms with Crippen LogP contribution in [0.2, 0.25) is 0 Å². The van der Waals surface area contributed by atoms with E-state index in [9.17, 15) is 0 Å². The SMILES string of the molecule is COCCN(C(C)C)C(C)C(=N)N. The summed E-state index contributed by atoms with van der Waals surface area (Å²) in [7, 11) is 1.68. The van der Waals surface area contributed by atoms with Gasteiger partial charge in [-0.2, -0.15) is 0 Å². The minimum Gasteiger partial charge on any atom is -0.386 e. The number of ether oxygens (including phenoxy) is 1. The first-order valence-corrected chi connectivity index (χ1v) is 4.59. The van der Waals surface area contributed by atoms with E-state index in [1.165, 1.54) is 0 Å². The second kappa shape index (κ2) is 5.94. The topological polar surface area (TPSA) is 62.3 Å². The molecule has 1 unspecified atom stereocenters. The number of nitrogens with two attached hydrogens (primary N) is 1. The van der Waals surface area contributed by atoms with Crippen LogP contribution in [0.3, 0.4) is 0 Å². The van der Waals surface area contributed by atoms with Gasteiger partial charge in [0.15, 0.2) is 0 Å². The lowest BCUT2D eigenvalue weighted by atomic mass is 10.2. The average molecular weight is 187 g/mol. The molecule has 0 aliphatic carbocycles. The molecule has 0 radical (unpaired) electrons. The molecule has 3 N–H and O–H groups in total. The van der Waals surface area contributed by atoms with Gasteiger partial charge < -0.3 is 10.5 Å². The summed E-state index contributed by atoms with van der Waals surface area (Å²) in [6, 6.07) is 0.379. The van der Waals surface area contributed by atoms with Crippen LogP contribution in [0.15, 0.2) is 0 Å². The molecule has 0 spiro atoms. The molecule has 1 atom stereocenters. The second-order valence-electron chi connectivity index (χ2n) is 3.46. The van der Waals surface area contributed by atoms with Crippen molar-refractivity contribution in [1.29, 1.82) is 5.41 Å². The van der Waals surface area contributed by atoms with E-state index in [0.29, 0.717) is 12.6 Å². The Bertz CT molecular complexity index is 159. The van der Waals surface area contributed by atoms with Crippen molar-refractivity contribution < 1.29 is 4.74 Å². The van der Waals surface area contributed by atoms with Crippen LogP contribution in [0.5, 0.6) is 0 Å². The fraction of sp³-hybridized carbons (Fsp3) is 0.889. The zero-order valence-corrected chi connectivity index (χ0v) is 9.00. The summed E-state index contributed by atoms with van der Waals surface area (Å²) in [6.07, 6.45) is 0. The third-order valence-electron chi connectivity index (χ3n) is 2.16.